The molecule has 7 heteroatoms. The van der Waals surface area contributed by atoms with Gasteiger partial charge in [-0.15, -0.1) is 0 Å². The maximum absolute atomic E-state index is 14.0. The van der Waals surface area contributed by atoms with E-state index in [0.29, 0.717) is 27.8 Å². The summed E-state index contributed by atoms with van der Waals surface area (Å²) in [5, 5.41) is 14.9. The van der Waals surface area contributed by atoms with E-state index in [-0.39, 0.29) is 17.1 Å². The second-order valence-corrected chi connectivity index (χ2v) is 11.9. The van der Waals surface area contributed by atoms with Crippen molar-refractivity contribution in [1.29, 1.82) is 0 Å². The largest absolute Gasteiger partial charge is 0.475 e. The van der Waals surface area contributed by atoms with Gasteiger partial charge in [-0.1, -0.05) is 63.2 Å². The third-order valence-corrected chi connectivity index (χ3v) is 6.88. The molecule has 5 aromatic rings. The van der Waals surface area contributed by atoms with Crippen molar-refractivity contribution in [2.75, 3.05) is 4.90 Å². The molecular formula is C33H33N3O4. The summed E-state index contributed by atoms with van der Waals surface area (Å²) in [4.78, 5) is 27.5. The van der Waals surface area contributed by atoms with Gasteiger partial charge in [0.15, 0.2) is 5.58 Å². The first-order valence-electron chi connectivity index (χ1n) is 13.2. The second-order valence-electron chi connectivity index (χ2n) is 11.9. The minimum Gasteiger partial charge on any atom is -0.475 e. The van der Waals surface area contributed by atoms with E-state index in [0.717, 1.165) is 11.3 Å². The molecule has 0 saturated carbocycles. The first-order valence-corrected chi connectivity index (χ1v) is 13.2. The molecule has 0 aliphatic carbocycles. The molecule has 2 heterocycles. The van der Waals surface area contributed by atoms with E-state index in [2.05, 4.69) is 38.0 Å². The van der Waals surface area contributed by atoms with E-state index in [1.807, 2.05) is 69.4 Å². The van der Waals surface area contributed by atoms with E-state index in [4.69, 9.17) is 4.42 Å². The van der Waals surface area contributed by atoms with Crippen LogP contribution < -0.4 is 4.90 Å². The van der Waals surface area contributed by atoms with Crippen molar-refractivity contribution < 1.29 is 19.1 Å². The second kappa shape index (κ2) is 9.83. The number of rotatable bonds is 5. The number of carboxylic acid groups (broad SMARTS) is 1. The molecule has 7 nitrogen and oxygen atoms in total. The number of aromatic nitrogens is 2. The van der Waals surface area contributed by atoms with Crippen LogP contribution in [0, 0.1) is 0 Å². The summed E-state index contributed by atoms with van der Waals surface area (Å²) in [6.07, 6.45) is 3.66. The van der Waals surface area contributed by atoms with E-state index in [1.165, 1.54) is 11.6 Å². The summed E-state index contributed by atoms with van der Waals surface area (Å²) >= 11 is 0. The van der Waals surface area contributed by atoms with Gasteiger partial charge in [0.2, 0.25) is 5.76 Å². The highest BCUT2D eigenvalue weighted by atomic mass is 16.4. The topological polar surface area (TPSA) is 88.6 Å². The molecule has 5 rings (SSSR count). The summed E-state index contributed by atoms with van der Waals surface area (Å²) in [5.74, 6) is -1.59. The van der Waals surface area contributed by atoms with Crippen molar-refractivity contribution in [1.82, 2.24) is 9.78 Å². The third kappa shape index (κ3) is 5.02. The highest BCUT2D eigenvalue weighted by molar-refractivity contribution is 6.14. The molecule has 204 valence electrons. The summed E-state index contributed by atoms with van der Waals surface area (Å²) < 4.78 is 7.69. The maximum Gasteiger partial charge on any atom is 0.371 e. The Morgan fingerprint density at radius 3 is 2.17 bits per heavy atom. The Bertz CT molecular complexity index is 1700. The molecule has 0 radical (unpaired) electrons. The van der Waals surface area contributed by atoms with Crippen LogP contribution in [0.4, 0.5) is 5.69 Å². The van der Waals surface area contributed by atoms with Crippen LogP contribution in [-0.4, -0.2) is 32.3 Å². The molecule has 0 aliphatic rings. The highest BCUT2D eigenvalue weighted by Crippen LogP contribution is 2.42. The van der Waals surface area contributed by atoms with Crippen molar-refractivity contribution in [2.45, 2.75) is 52.5 Å². The van der Waals surface area contributed by atoms with Crippen LogP contribution >= 0.6 is 0 Å². The third-order valence-electron chi connectivity index (χ3n) is 6.88. The first-order chi connectivity index (χ1) is 18.8. The average molecular weight is 536 g/mol. The summed E-state index contributed by atoms with van der Waals surface area (Å²) in [5.41, 5.74) is 4.30. The van der Waals surface area contributed by atoms with Gasteiger partial charge in [-0.05, 0) is 62.1 Å². The normalized spacial score (nSPS) is 12.1. The number of fused-ring (bicyclic) bond motifs is 1. The SMILES string of the molecule is CC(C)(C)c1ccc(-n2cc(-c3ccc4cc(C(=O)O)oc4c3N(C(=O)c3ccccc3)C(C)(C)C)cn2)cc1. The fourth-order valence-corrected chi connectivity index (χ4v) is 4.82. The number of hydrogen-bond acceptors (Lipinski definition) is 4. The molecule has 2 aromatic heterocycles. The lowest BCUT2D eigenvalue weighted by atomic mass is 9.87. The van der Waals surface area contributed by atoms with Crippen LogP contribution in [0.25, 0.3) is 27.8 Å². The minimum atomic E-state index is -1.17. The van der Waals surface area contributed by atoms with Gasteiger partial charge in [-0.3, -0.25) is 9.69 Å². The van der Waals surface area contributed by atoms with Crippen LogP contribution in [0.5, 0.6) is 0 Å². The number of hydrogen-bond donors (Lipinski definition) is 1. The van der Waals surface area contributed by atoms with Crippen molar-refractivity contribution in [3.8, 4) is 16.8 Å². The molecule has 0 atom stereocenters. The number of furan rings is 1. The van der Waals surface area contributed by atoms with Crippen molar-refractivity contribution in [3.05, 3.63) is 102 Å². The van der Waals surface area contributed by atoms with E-state index in [1.54, 1.807) is 27.9 Å². The van der Waals surface area contributed by atoms with Gasteiger partial charge in [0.05, 0.1) is 17.6 Å². The molecular weight excluding hydrogens is 502 g/mol. The molecule has 3 aromatic carbocycles. The fourth-order valence-electron chi connectivity index (χ4n) is 4.82. The predicted molar refractivity (Wildman–Crippen MR) is 157 cm³/mol. The van der Waals surface area contributed by atoms with E-state index < -0.39 is 11.5 Å². The molecule has 0 fully saturated rings. The number of benzene rings is 3. The zero-order valence-electron chi connectivity index (χ0n) is 23.6. The fraction of sp³-hybridized carbons (Fsp3) is 0.242. The monoisotopic (exact) mass is 535 g/mol. The van der Waals surface area contributed by atoms with E-state index in [9.17, 15) is 14.7 Å². The Balaban J connectivity index is 1.70. The number of aromatic carboxylic acids is 1. The minimum absolute atomic E-state index is 0.0394. The lowest BCUT2D eigenvalue weighted by Gasteiger charge is -2.37. The number of carboxylic acids is 1. The van der Waals surface area contributed by atoms with Gasteiger partial charge in [0.25, 0.3) is 5.91 Å². The van der Waals surface area contributed by atoms with Crippen LogP contribution in [0.15, 0.2) is 89.6 Å². The molecule has 0 aliphatic heterocycles. The molecule has 0 bridgehead atoms. The molecule has 1 amide bonds. The Labute approximate surface area is 233 Å². The standard InChI is InChI=1S/C33H33N3O4/c1-32(2,3)24-13-15-25(16-14-24)35-20-23(19-34-35)26-17-12-22-18-27(31(38)39)40-29(22)28(26)36(33(4,5)6)30(37)21-10-8-7-9-11-21/h7-20H,1-6H3,(H,38,39). The smallest absolute Gasteiger partial charge is 0.371 e. The Hall–Kier alpha value is -4.65. The first kappa shape index (κ1) is 26.9. The average Bonchev–Trinajstić information content (AvgIpc) is 3.56. The molecule has 0 spiro atoms. The van der Waals surface area contributed by atoms with Crippen LogP contribution in [-0.2, 0) is 5.41 Å². The van der Waals surface area contributed by atoms with Gasteiger partial charge in [-0.25, -0.2) is 9.48 Å². The van der Waals surface area contributed by atoms with Gasteiger partial charge < -0.3 is 9.52 Å². The number of nitrogens with zero attached hydrogens (tertiary/aromatic N) is 3. The predicted octanol–water partition coefficient (Wildman–Crippen LogP) is 7.73. The van der Waals surface area contributed by atoms with Crippen molar-refractivity contribution in [2.24, 2.45) is 0 Å². The zero-order valence-corrected chi connectivity index (χ0v) is 23.6. The van der Waals surface area contributed by atoms with Gasteiger partial charge in [-0.2, -0.15) is 5.10 Å². The lowest BCUT2D eigenvalue weighted by molar-refractivity contribution is 0.0665. The van der Waals surface area contributed by atoms with Crippen molar-refractivity contribution in [3.63, 3.8) is 0 Å². The van der Waals surface area contributed by atoms with Gasteiger partial charge >= 0.3 is 5.97 Å². The summed E-state index contributed by atoms with van der Waals surface area (Å²) in [6.45, 7) is 12.3. The molecule has 0 saturated heterocycles. The number of amides is 1. The maximum atomic E-state index is 14.0. The summed E-state index contributed by atoms with van der Waals surface area (Å²) in [6, 6.07) is 22.5. The Kier molecular flexibility index (Phi) is 6.62. The number of carbonyl (C=O) groups is 2. The quantitative estimate of drug-likeness (QED) is 0.249. The molecule has 0 unspecified atom stereocenters. The lowest BCUT2D eigenvalue weighted by Crippen LogP contribution is -2.46. The molecule has 1 N–H and O–H groups in total. The highest BCUT2D eigenvalue weighted by Gasteiger charge is 2.34. The van der Waals surface area contributed by atoms with Crippen LogP contribution in [0.2, 0.25) is 0 Å². The molecule has 40 heavy (non-hydrogen) atoms. The van der Waals surface area contributed by atoms with Gasteiger partial charge in [0, 0.05) is 33.8 Å². The number of carbonyl (C=O) groups excluding carboxylic acids is 1. The van der Waals surface area contributed by atoms with Gasteiger partial charge in [0.1, 0.15) is 0 Å². The number of anilines is 1. The Morgan fingerprint density at radius 2 is 1.57 bits per heavy atom. The van der Waals surface area contributed by atoms with E-state index >= 15 is 0 Å². The summed E-state index contributed by atoms with van der Waals surface area (Å²) in [7, 11) is 0. The van der Waals surface area contributed by atoms with Crippen LogP contribution in [0.1, 0.15) is 68.0 Å². The van der Waals surface area contributed by atoms with Crippen molar-refractivity contribution >= 4 is 28.5 Å². The zero-order chi connectivity index (χ0) is 28.8. The van der Waals surface area contributed by atoms with Crippen LogP contribution in [0.3, 0.4) is 0 Å². The Morgan fingerprint density at radius 1 is 0.900 bits per heavy atom.